The molecule has 3 rings (SSSR count). The van der Waals surface area contributed by atoms with E-state index in [-0.39, 0.29) is 24.0 Å². The number of aliphatic imine (C=N–C) groups is 1. The zero-order chi connectivity index (χ0) is 18.0. The van der Waals surface area contributed by atoms with E-state index >= 15 is 0 Å². The van der Waals surface area contributed by atoms with E-state index in [1.165, 1.54) is 12.8 Å². The van der Waals surface area contributed by atoms with Crippen molar-refractivity contribution in [1.82, 2.24) is 10.2 Å². The fourth-order valence-corrected chi connectivity index (χ4v) is 3.51. The molecule has 1 aliphatic heterocycles. The van der Waals surface area contributed by atoms with Crippen LogP contribution in [0.5, 0.6) is 5.75 Å². The first kappa shape index (κ1) is 22.2. The predicted octanol–water partition coefficient (Wildman–Crippen LogP) is 2.75. The lowest BCUT2D eigenvalue weighted by atomic mass is 10.2. The highest BCUT2D eigenvalue weighted by molar-refractivity contribution is 14.0. The molecule has 1 aromatic rings. The van der Waals surface area contributed by atoms with Crippen LogP contribution in [0.3, 0.4) is 0 Å². The van der Waals surface area contributed by atoms with Gasteiger partial charge in [-0.3, -0.25) is 4.90 Å². The molecule has 1 aliphatic carbocycles. The number of hydrogen-bond donors (Lipinski definition) is 2. The van der Waals surface area contributed by atoms with Crippen molar-refractivity contribution in [2.24, 2.45) is 10.7 Å². The van der Waals surface area contributed by atoms with Crippen molar-refractivity contribution in [3.63, 3.8) is 0 Å². The van der Waals surface area contributed by atoms with Crippen LogP contribution in [0.1, 0.15) is 37.7 Å². The third kappa shape index (κ3) is 7.83. The number of guanidine groups is 1. The Labute approximate surface area is 179 Å². The van der Waals surface area contributed by atoms with Gasteiger partial charge in [0.15, 0.2) is 5.96 Å². The molecule has 27 heavy (non-hydrogen) atoms. The molecule has 0 bridgehead atoms. The monoisotopic (exact) mass is 488 g/mol. The molecule has 152 valence electrons. The molecule has 1 heterocycles. The summed E-state index contributed by atoms with van der Waals surface area (Å²) in [5.74, 6) is 1.45. The topological polar surface area (TPSA) is 72.1 Å². The lowest BCUT2D eigenvalue weighted by molar-refractivity contribution is 0.0376. The van der Waals surface area contributed by atoms with Gasteiger partial charge in [-0.1, -0.05) is 18.2 Å². The Hall–Kier alpha value is -1.06. The van der Waals surface area contributed by atoms with Crippen LogP contribution in [-0.2, 0) is 11.3 Å². The van der Waals surface area contributed by atoms with E-state index in [0.717, 1.165) is 70.0 Å². The summed E-state index contributed by atoms with van der Waals surface area (Å²) in [6.07, 6.45) is 6.27. The number of halogens is 1. The molecule has 1 saturated heterocycles. The van der Waals surface area contributed by atoms with Gasteiger partial charge < -0.3 is 20.5 Å². The van der Waals surface area contributed by atoms with Gasteiger partial charge in [0, 0.05) is 25.2 Å². The molecule has 2 fully saturated rings. The van der Waals surface area contributed by atoms with Gasteiger partial charge in [0.2, 0.25) is 0 Å². The minimum atomic E-state index is 0. The number of benzene rings is 1. The summed E-state index contributed by atoms with van der Waals surface area (Å²) in [5, 5.41) is 3.21. The van der Waals surface area contributed by atoms with Crippen LogP contribution in [0.15, 0.2) is 29.3 Å². The second-order valence-electron chi connectivity index (χ2n) is 7.07. The van der Waals surface area contributed by atoms with Crippen LogP contribution < -0.4 is 15.8 Å². The van der Waals surface area contributed by atoms with Gasteiger partial charge in [-0.15, -0.1) is 24.0 Å². The zero-order valence-corrected chi connectivity index (χ0v) is 18.4. The molecule has 1 saturated carbocycles. The maximum absolute atomic E-state index is 6.16. The van der Waals surface area contributed by atoms with Crippen molar-refractivity contribution in [1.29, 1.82) is 0 Å². The normalized spacial score (nSPS) is 18.9. The second kappa shape index (κ2) is 12.4. The van der Waals surface area contributed by atoms with E-state index in [1.807, 2.05) is 18.2 Å². The van der Waals surface area contributed by atoms with Crippen LogP contribution in [0.4, 0.5) is 0 Å². The van der Waals surface area contributed by atoms with Crippen molar-refractivity contribution < 1.29 is 9.47 Å². The maximum atomic E-state index is 6.16. The Morgan fingerprint density at radius 2 is 1.96 bits per heavy atom. The van der Waals surface area contributed by atoms with E-state index in [4.69, 9.17) is 15.2 Å². The summed E-state index contributed by atoms with van der Waals surface area (Å²) in [6.45, 7) is 6.21. The molecular weight excluding hydrogens is 455 g/mol. The molecule has 0 aromatic heterocycles. The fourth-order valence-electron chi connectivity index (χ4n) is 3.51. The van der Waals surface area contributed by atoms with Crippen molar-refractivity contribution in [2.75, 3.05) is 39.4 Å². The average Bonchev–Trinajstić information content (AvgIpc) is 3.18. The summed E-state index contributed by atoms with van der Waals surface area (Å²) in [6, 6.07) is 8.15. The zero-order valence-electron chi connectivity index (χ0n) is 16.1. The quantitative estimate of drug-likeness (QED) is 0.255. The van der Waals surface area contributed by atoms with E-state index in [2.05, 4.69) is 21.3 Å². The Kier molecular flexibility index (Phi) is 10.2. The maximum Gasteiger partial charge on any atom is 0.188 e. The molecule has 1 aromatic carbocycles. The lowest BCUT2D eigenvalue weighted by Crippen LogP contribution is -2.39. The molecule has 0 amide bonds. The summed E-state index contributed by atoms with van der Waals surface area (Å²) < 4.78 is 11.5. The minimum absolute atomic E-state index is 0. The third-order valence-corrected chi connectivity index (χ3v) is 5.05. The molecule has 2 aliphatic rings. The van der Waals surface area contributed by atoms with Gasteiger partial charge in [-0.05, 0) is 44.7 Å². The number of nitrogens with one attached hydrogen (secondary N) is 1. The molecule has 0 radical (unpaired) electrons. The summed E-state index contributed by atoms with van der Waals surface area (Å²) >= 11 is 0. The van der Waals surface area contributed by atoms with E-state index in [9.17, 15) is 0 Å². The summed E-state index contributed by atoms with van der Waals surface area (Å²) in [5.41, 5.74) is 7.11. The molecule has 0 atom stereocenters. The molecule has 0 spiro atoms. The highest BCUT2D eigenvalue weighted by Gasteiger charge is 2.17. The van der Waals surface area contributed by atoms with E-state index < -0.39 is 0 Å². The number of nitrogens with two attached hydrogens (primary N) is 1. The van der Waals surface area contributed by atoms with E-state index in [0.29, 0.717) is 18.6 Å². The highest BCUT2D eigenvalue weighted by Crippen LogP contribution is 2.26. The number of morpholine rings is 1. The molecule has 6 nitrogen and oxygen atoms in total. The number of hydrogen-bond acceptors (Lipinski definition) is 4. The van der Waals surface area contributed by atoms with Crippen LogP contribution in [0.25, 0.3) is 0 Å². The van der Waals surface area contributed by atoms with Crippen LogP contribution in [0.2, 0.25) is 0 Å². The Morgan fingerprint density at radius 3 is 2.74 bits per heavy atom. The first-order chi connectivity index (χ1) is 12.8. The van der Waals surface area contributed by atoms with Gasteiger partial charge in [0.25, 0.3) is 0 Å². The van der Waals surface area contributed by atoms with Gasteiger partial charge in [0.05, 0.1) is 25.9 Å². The Balaban J connectivity index is 0.00000261. The SMILES string of the molecule is I.NC(=NCc1ccccc1OC1CCCC1)NCCCN1CCOCC1. The first-order valence-corrected chi connectivity index (χ1v) is 9.90. The van der Waals surface area contributed by atoms with Crippen molar-refractivity contribution in [2.45, 2.75) is 44.8 Å². The number of para-hydroxylation sites is 1. The molecular formula is C20H33IN4O2. The summed E-state index contributed by atoms with van der Waals surface area (Å²) in [7, 11) is 0. The van der Waals surface area contributed by atoms with Crippen LogP contribution in [0, 0.1) is 0 Å². The van der Waals surface area contributed by atoms with Gasteiger partial charge in [-0.25, -0.2) is 4.99 Å². The number of rotatable bonds is 8. The Morgan fingerprint density at radius 1 is 1.22 bits per heavy atom. The van der Waals surface area contributed by atoms with Gasteiger partial charge in [-0.2, -0.15) is 0 Å². The smallest absolute Gasteiger partial charge is 0.188 e. The number of nitrogens with zero attached hydrogens (tertiary/aromatic N) is 2. The van der Waals surface area contributed by atoms with Crippen LogP contribution >= 0.6 is 24.0 Å². The van der Waals surface area contributed by atoms with Crippen LogP contribution in [-0.4, -0.2) is 56.4 Å². The van der Waals surface area contributed by atoms with Crippen molar-refractivity contribution in [3.8, 4) is 5.75 Å². The molecule has 7 heteroatoms. The Bertz CT molecular complexity index is 573. The standard InChI is InChI=1S/C20H32N4O2.HI/c21-20(22-10-5-11-24-12-14-25-15-13-24)23-16-17-6-1-4-9-19(17)26-18-7-2-3-8-18;/h1,4,6,9,18H,2-3,5,7-8,10-16H2,(H3,21,22,23);1H. The molecule has 0 unspecified atom stereocenters. The summed E-state index contributed by atoms with van der Waals surface area (Å²) in [4.78, 5) is 6.91. The molecule has 3 N–H and O–H groups in total. The third-order valence-electron chi connectivity index (χ3n) is 5.05. The highest BCUT2D eigenvalue weighted by atomic mass is 127. The van der Waals surface area contributed by atoms with Gasteiger partial charge >= 0.3 is 0 Å². The van der Waals surface area contributed by atoms with Crippen molar-refractivity contribution in [3.05, 3.63) is 29.8 Å². The largest absolute Gasteiger partial charge is 0.490 e. The fraction of sp³-hybridized carbons (Fsp3) is 0.650. The predicted molar refractivity (Wildman–Crippen MR) is 120 cm³/mol. The average molecular weight is 488 g/mol. The first-order valence-electron chi connectivity index (χ1n) is 9.90. The minimum Gasteiger partial charge on any atom is -0.490 e. The van der Waals surface area contributed by atoms with E-state index in [1.54, 1.807) is 0 Å². The second-order valence-corrected chi connectivity index (χ2v) is 7.07. The van der Waals surface area contributed by atoms with Crippen molar-refractivity contribution >= 4 is 29.9 Å². The van der Waals surface area contributed by atoms with Gasteiger partial charge in [0.1, 0.15) is 5.75 Å². The lowest BCUT2D eigenvalue weighted by Gasteiger charge is -2.26. The number of ether oxygens (including phenoxy) is 2.